The minimum absolute atomic E-state index is 0.125. The van der Waals surface area contributed by atoms with Crippen molar-refractivity contribution < 1.29 is 24.2 Å². The molecule has 0 amide bonds. The molecule has 166 valence electrons. The molecule has 0 aliphatic rings. The Kier molecular flexibility index (Phi) is 8.26. The van der Waals surface area contributed by atoms with Gasteiger partial charge in [-0.05, 0) is 54.3 Å². The number of oxime groups is 1. The Hall–Kier alpha value is -3.80. The molecule has 0 fully saturated rings. The van der Waals surface area contributed by atoms with Crippen molar-refractivity contribution in [3.63, 3.8) is 0 Å². The number of hydrogen-bond acceptors (Lipinski definition) is 5. The average molecular weight is 434 g/mol. The number of carboxylic acids is 1. The Morgan fingerprint density at radius 2 is 1.66 bits per heavy atom. The van der Waals surface area contributed by atoms with Gasteiger partial charge in [-0.3, -0.25) is 4.79 Å². The van der Waals surface area contributed by atoms with Crippen LogP contribution in [-0.2, 0) is 22.7 Å². The third-order valence-electron chi connectivity index (χ3n) is 4.94. The zero-order valence-electron chi connectivity index (χ0n) is 18.3. The van der Waals surface area contributed by atoms with Gasteiger partial charge in [-0.2, -0.15) is 0 Å². The maximum atomic E-state index is 10.8. The number of aryl methyl sites for hydroxylation is 2. The van der Waals surface area contributed by atoms with Gasteiger partial charge in [0.25, 0.3) is 0 Å². The van der Waals surface area contributed by atoms with Gasteiger partial charge in [0.05, 0.1) is 0 Å². The minimum atomic E-state index is -0.792. The number of aliphatic carboxylic acids is 1. The Balaban J connectivity index is 1.53. The van der Waals surface area contributed by atoms with Gasteiger partial charge in [-0.25, -0.2) is 0 Å². The highest BCUT2D eigenvalue weighted by atomic mass is 16.6. The summed E-state index contributed by atoms with van der Waals surface area (Å²) in [5.74, 6) is 0.691. The van der Waals surface area contributed by atoms with Gasteiger partial charge >= 0.3 is 5.97 Å². The van der Waals surface area contributed by atoms with Crippen LogP contribution in [0.1, 0.15) is 28.7 Å². The largest absolute Gasteiger partial charge is 0.489 e. The lowest BCUT2D eigenvalue weighted by molar-refractivity contribution is -0.136. The third-order valence-corrected chi connectivity index (χ3v) is 4.94. The summed E-state index contributed by atoms with van der Waals surface area (Å²) < 4.78 is 11.8. The van der Waals surface area contributed by atoms with Crippen LogP contribution < -0.4 is 9.47 Å². The number of hydrogen-bond donors (Lipinski definition) is 1. The lowest BCUT2D eigenvalue weighted by atomic mass is 10.0. The first-order chi connectivity index (χ1) is 15.5. The van der Waals surface area contributed by atoms with E-state index in [1.165, 1.54) is 7.11 Å². The van der Waals surface area contributed by atoms with Gasteiger partial charge in [0.15, 0.2) is 0 Å². The molecule has 0 radical (unpaired) electrons. The highest BCUT2D eigenvalue weighted by Crippen LogP contribution is 2.20. The van der Waals surface area contributed by atoms with E-state index in [4.69, 9.17) is 19.4 Å². The Labute approximate surface area is 188 Å². The quantitative estimate of drug-likeness (QED) is 0.339. The van der Waals surface area contributed by atoms with Crippen molar-refractivity contribution in [1.29, 1.82) is 0 Å². The summed E-state index contributed by atoms with van der Waals surface area (Å²) in [5.41, 5.74) is 4.72. The van der Waals surface area contributed by atoms with Crippen LogP contribution in [0, 0.1) is 6.92 Å². The Morgan fingerprint density at radius 1 is 0.938 bits per heavy atom. The normalized spacial score (nSPS) is 11.1. The van der Waals surface area contributed by atoms with Crippen molar-refractivity contribution in [3.8, 4) is 11.5 Å². The van der Waals surface area contributed by atoms with Gasteiger partial charge < -0.3 is 19.4 Å². The zero-order chi connectivity index (χ0) is 22.8. The minimum Gasteiger partial charge on any atom is -0.489 e. The van der Waals surface area contributed by atoms with Gasteiger partial charge in [-0.15, -0.1) is 0 Å². The molecule has 0 atom stereocenters. The Morgan fingerprint density at radius 3 is 2.31 bits per heavy atom. The standard InChI is InChI=1S/C26H27NO5/c1-19-16-24(14-10-21(19)11-15-26(28)29)31-17-20-8-12-23(13-9-20)32-18-25(27-30-2)22-6-4-3-5-7-22/h3-10,12-14,16H,11,15,17-18H2,1-2H3,(H,28,29). The first-order valence-electron chi connectivity index (χ1n) is 10.4. The maximum Gasteiger partial charge on any atom is 0.303 e. The summed E-state index contributed by atoms with van der Waals surface area (Å²) in [4.78, 5) is 15.7. The fourth-order valence-corrected chi connectivity index (χ4v) is 3.18. The molecule has 0 aromatic heterocycles. The number of rotatable bonds is 11. The fourth-order valence-electron chi connectivity index (χ4n) is 3.18. The summed E-state index contributed by atoms with van der Waals surface area (Å²) in [6, 6.07) is 23.2. The van der Waals surface area contributed by atoms with Crippen molar-refractivity contribution in [1.82, 2.24) is 0 Å². The van der Waals surface area contributed by atoms with E-state index in [-0.39, 0.29) is 6.42 Å². The molecule has 0 saturated carbocycles. The van der Waals surface area contributed by atoms with Crippen LogP contribution in [0.4, 0.5) is 0 Å². The van der Waals surface area contributed by atoms with Crippen molar-refractivity contribution >= 4 is 11.7 Å². The van der Waals surface area contributed by atoms with E-state index in [1.54, 1.807) is 0 Å². The van der Waals surface area contributed by atoms with Crippen LogP contribution in [0.2, 0.25) is 0 Å². The van der Waals surface area contributed by atoms with Crippen LogP contribution in [0.5, 0.6) is 11.5 Å². The van der Waals surface area contributed by atoms with Crippen LogP contribution >= 0.6 is 0 Å². The van der Waals surface area contributed by atoms with Crippen molar-refractivity contribution in [2.75, 3.05) is 13.7 Å². The molecule has 32 heavy (non-hydrogen) atoms. The molecule has 3 rings (SSSR count). The number of benzene rings is 3. The summed E-state index contributed by atoms with van der Waals surface area (Å²) in [7, 11) is 1.52. The smallest absolute Gasteiger partial charge is 0.303 e. The fraction of sp³-hybridized carbons (Fsp3) is 0.231. The summed E-state index contributed by atoms with van der Waals surface area (Å²) in [5, 5.41) is 12.9. The molecule has 1 N–H and O–H groups in total. The predicted octanol–water partition coefficient (Wildman–Crippen LogP) is 5.02. The highest BCUT2D eigenvalue weighted by molar-refractivity contribution is 6.01. The number of nitrogens with zero attached hydrogens (tertiary/aromatic N) is 1. The molecule has 6 nitrogen and oxygen atoms in total. The number of carbonyl (C=O) groups is 1. The van der Waals surface area contributed by atoms with Gasteiger partial charge in [0, 0.05) is 12.0 Å². The lowest BCUT2D eigenvalue weighted by Gasteiger charge is -2.11. The third kappa shape index (κ3) is 6.87. The summed E-state index contributed by atoms with van der Waals surface area (Å²) >= 11 is 0. The molecule has 0 aliphatic heterocycles. The highest BCUT2D eigenvalue weighted by Gasteiger charge is 2.07. The monoisotopic (exact) mass is 433 g/mol. The van der Waals surface area contributed by atoms with E-state index < -0.39 is 5.97 Å². The molecular weight excluding hydrogens is 406 g/mol. The van der Waals surface area contributed by atoms with Gasteiger partial charge in [0.1, 0.15) is 37.5 Å². The first-order valence-corrected chi connectivity index (χ1v) is 10.4. The Bertz CT molecular complexity index is 1050. The molecular formula is C26H27NO5. The van der Waals surface area contributed by atoms with Gasteiger partial charge in [-0.1, -0.05) is 53.7 Å². The lowest BCUT2D eigenvalue weighted by Crippen LogP contribution is -2.13. The van der Waals surface area contributed by atoms with E-state index in [0.29, 0.717) is 25.3 Å². The molecule has 0 saturated heterocycles. The number of carboxylic acid groups (broad SMARTS) is 1. The first kappa shape index (κ1) is 22.9. The van der Waals surface area contributed by atoms with E-state index in [0.717, 1.165) is 33.8 Å². The van der Waals surface area contributed by atoms with Crippen molar-refractivity contribution in [3.05, 3.63) is 95.1 Å². The molecule has 3 aromatic rings. The van der Waals surface area contributed by atoms with Crippen molar-refractivity contribution in [2.45, 2.75) is 26.4 Å². The second-order valence-corrected chi connectivity index (χ2v) is 7.29. The average Bonchev–Trinajstić information content (AvgIpc) is 2.81. The van der Waals surface area contributed by atoms with Crippen LogP contribution in [0.15, 0.2) is 78.0 Å². The maximum absolute atomic E-state index is 10.8. The second-order valence-electron chi connectivity index (χ2n) is 7.29. The molecule has 0 bridgehead atoms. The van der Waals surface area contributed by atoms with Gasteiger partial charge in [0.2, 0.25) is 0 Å². The molecule has 0 spiro atoms. The summed E-state index contributed by atoms with van der Waals surface area (Å²) in [6.45, 7) is 2.68. The number of ether oxygens (including phenoxy) is 2. The van der Waals surface area contributed by atoms with Crippen LogP contribution in [-0.4, -0.2) is 30.5 Å². The van der Waals surface area contributed by atoms with E-state index >= 15 is 0 Å². The van der Waals surface area contributed by atoms with E-state index in [1.807, 2.05) is 79.7 Å². The zero-order valence-corrected chi connectivity index (χ0v) is 18.3. The van der Waals surface area contributed by atoms with Crippen molar-refractivity contribution in [2.24, 2.45) is 5.16 Å². The predicted molar refractivity (Wildman–Crippen MR) is 123 cm³/mol. The molecule has 0 aliphatic carbocycles. The second kappa shape index (κ2) is 11.6. The van der Waals surface area contributed by atoms with Crippen LogP contribution in [0.25, 0.3) is 0 Å². The van der Waals surface area contributed by atoms with Crippen LogP contribution in [0.3, 0.4) is 0 Å². The molecule has 3 aromatic carbocycles. The SMILES string of the molecule is CON=C(COc1ccc(COc2ccc(CCC(=O)O)c(C)c2)cc1)c1ccccc1. The topological polar surface area (TPSA) is 77.3 Å². The molecule has 6 heteroatoms. The molecule has 0 heterocycles. The van der Waals surface area contributed by atoms with E-state index in [9.17, 15) is 4.79 Å². The summed E-state index contributed by atoms with van der Waals surface area (Å²) in [6.07, 6.45) is 0.642. The molecule has 0 unspecified atom stereocenters. The van der Waals surface area contributed by atoms with E-state index in [2.05, 4.69) is 5.16 Å².